The number of halogens is 1. The fraction of sp³-hybridized carbons (Fsp3) is 0.0769. The van der Waals surface area contributed by atoms with Crippen LogP contribution in [0.2, 0.25) is 5.02 Å². The number of nitrogens with zero attached hydrogens (tertiary/aromatic N) is 5. The molecule has 6 nitrogen and oxygen atoms in total. The first-order valence-corrected chi connectivity index (χ1v) is 7.28. The van der Waals surface area contributed by atoms with E-state index in [-0.39, 0.29) is 0 Å². The Labute approximate surface area is 128 Å². The Kier molecular flexibility index (Phi) is 2.60. The molecule has 104 valence electrons. The zero-order valence-electron chi connectivity index (χ0n) is 10.9. The Balaban J connectivity index is 2.18. The zero-order valence-corrected chi connectivity index (χ0v) is 12.5. The lowest BCUT2D eigenvalue weighted by Gasteiger charge is -2.08. The van der Waals surface area contributed by atoms with E-state index in [4.69, 9.17) is 17.3 Å². The van der Waals surface area contributed by atoms with Gasteiger partial charge in [0.15, 0.2) is 5.65 Å². The van der Waals surface area contributed by atoms with Crippen molar-refractivity contribution in [3.63, 3.8) is 0 Å². The van der Waals surface area contributed by atoms with Crippen LogP contribution in [0.25, 0.3) is 27.9 Å². The van der Waals surface area contributed by atoms with Crippen molar-refractivity contribution in [3.05, 3.63) is 35.0 Å². The first-order valence-electron chi connectivity index (χ1n) is 6.18. The van der Waals surface area contributed by atoms with Crippen LogP contribution in [0.1, 0.15) is 5.69 Å². The van der Waals surface area contributed by atoms with E-state index in [0.29, 0.717) is 33.3 Å². The Hall–Kier alpha value is -2.25. The second-order valence-corrected chi connectivity index (χ2v) is 5.56. The van der Waals surface area contributed by atoms with Crippen LogP contribution in [0.4, 0.5) is 5.95 Å². The first kappa shape index (κ1) is 12.5. The predicted molar refractivity (Wildman–Crippen MR) is 84.0 cm³/mol. The van der Waals surface area contributed by atoms with Crippen molar-refractivity contribution < 1.29 is 0 Å². The SMILES string of the molecule is Cc1ccc2nc(N)n(-c3c(Cl)ccc4nsnc34)c2n1. The molecule has 0 spiro atoms. The van der Waals surface area contributed by atoms with Crippen LogP contribution < -0.4 is 5.73 Å². The van der Waals surface area contributed by atoms with Crippen molar-refractivity contribution >= 4 is 51.5 Å². The third-order valence-corrected chi connectivity index (χ3v) is 4.09. The molecule has 0 aliphatic rings. The standard InChI is InChI=1S/C13H9ClN6S/c1-6-2-4-9-12(16-6)20(13(15)17-9)11-7(14)3-5-8-10(11)19-21-18-8/h2-5H,1H3,(H2,15,17). The fourth-order valence-electron chi connectivity index (χ4n) is 2.32. The zero-order chi connectivity index (χ0) is 14.6. The van der Waals surface area contributed by atoms with Gasteiger partial charge in [-0.25, -0.2) is 9.97 Å². The van der Waals surface area contributed by atoms with Crippen LogP contribution in [0.15, 0.2) is 24.3 Å². The van der Waals surface area contributed by atoms with Crippen LogP contribution in [-0.2, 0) is 0 Å². The van der Waals surface area contributed by atoms with Crippen LogP contribution in [0.5, 0.6) is 0 Å². The summed E-state index contributed by atoms with van der Waals surface area (Å²) in [4.78, 5) is 8.86. The highest BCUT2D eigenvalue weighted by molar-refractivity contribution is 7.00. The highest BCUT2D eigenvalue weighted by Gasteiger charge is 2.18. The molecule has 4 rings (SSSR count). The van der Waals surface area contributed by atoms with Gasteiger partial charge in [-0.2, -0.15) is 8.75 Å². The smallest absolute Gasteiger partial charge is 0.207 e. The number of hydrogen-bond acceptors (Lipinski definition) is 6. The molecule has 0 aliphatic heterocycles. The Morgan fingerprint density at radius 1 is 1.10 bits per heavy atom. The maximum absolute atomic E-state index is 6.37. The van der Waals surface area contributed by atoms with Gasteiger partial charge < -0.3 is 5.73 Å². The lowest BCUT2D eigenvalue weighted by molar-refractivity contribution is 1.08. The second kappa shape index (κ2) is 4.37. The molecular formula is C13H9ClN6S. The lowest BCUT2D eigenvalue weighted by atomic mass is 10.2. The summed E-state index contributed by atoms with van der Waals surface area (Å²) in [5.41, 5.74) is 10.5. The van der Waals surface area contributed by atoms with Gasteiger partial charge in [0.1, 0.15) is 16.6 Å². The van der Waals surface area contributed by atoms with Crippen molar-refractivity contribution in [2.24, 2.45) is 0 Å². The van der Waals surface area contributed by atoms with Crippen molar-refractivity contribution in [2.75, 3.05) is 5.73 Å². The number of nitrogen functional groups attached to an aromatic ring is 1. The molecule has 3 aromatic heterocycles. The Bertz CT molecular complexity index is 989. The molecule has 0 unspecified atom stereocenters. The van der Waals surface area contributed by atoms with Gasteiger partial charge in [-0.3, -0.25) is 4.57 Å². The Morgan fingerprint density at radius 2 is 1.90 bits per heavy atom. The molecule has 0 radical (unpaired) electrons. The molecule has 4 aromatic rings. The van der Waals surface area contributed by atoms with E-state index in [1.54, 1.807) is 10.6 Å². The van der Waals surface area contributed by atoms with Gasteiger partial charge >= 0.3 is 0 Å². The van der Waals surface area contributed by atoms with Gasteiger partial charge in [0, 0.05) is 5.69 Å². The average Bonchev–Trinajstić information content (AvgIpc) is 3.03. The molecule has 0 fully saturated rings. The molecule has 0 bridgehead atoms. The van der Waals surface area contributed by atoms with Gasteiger partial charge in [-0.15, -0.1) is 0 Å². The van der Waals surface area contributed by atoms with E-state index in [1.165, 1.54) is 0 Å². The number of imidazole rings is 1. The first-order chi connectivity index (χ1) is 10.1. The van der Waals surface area contributed by atoms with E-state index < -0.39 is 0 Å². The van der Waals surface area contributed by atoms with Crippen molar-refractivity contribution in [1.82, 2.24) is 23.3 Å². The molecular weight excluding hydrogens is 308 g/mol. The van der Waals surface area contributed by atoms with E-state index in [2.05, 4.69) is 18.7 Å². The van der Waals surface area contributed by atoms with Crippen LogP contribution in [0.3, 0.4) is 0 Å². The third-order valence-electron chi connectivity index (χ3n) is 3.25. The third kappa shape index (κ3) is 1.78. The predicted octanol–water partition coefficient (Wildman–Crippen LogP) is 2.97. The molecule has 0 saturated heterocycles. The number of benzene rings is 1. The van der Waals surface area contributed by atoms with Crippen LogP contribution >= 0.6 is 23.3 Å². The summed E-state index contributed by atoms with van der Waals surface area (Å²) in [6, 6.07) is 7.39. The fourth-order valence-corrected chi connectivity index (χ4v) is 3.09. The molecule has 3 heterocycles. The molecule has 0 amide bonds. The number of hydrogen-bond donors (Lipinski definition) is 1. The topological polar surface area (TPSA) is 82.5 Å². The molecule has 8 heteroatoms. The Morgan fingerprint density at radius 3 is 2.76 bits per heavy atom. The second-order valence-electron chi connectivity index (χ2n) is 4.63. The van der Waals surface area contributed by atoms with Gasteiger partial charge in [0.25, 0.3) is 0 Å². The van der Waals surface area contributed by atoms with Crippen molar-refractivity contribution in [2.45, 2.75) is 6.92 Å². The number of rotatable bonds is 1. The number of fused-ring (bicyclic) bond motifs is 2. The monoisotopic (exact) mass is 316 g/mol. The number of pyridine rings is 1. The summed E-state index contributed by atoms with van der Waals surface area (Å²) >= 11 is 7.50. The minimum atomic E-state index is 0.325. The molecule has 0 aliphatic carbocycles. The van der Waals surface area contributed by atoms with Crippen molar-refractivity contribution in [3.8, 4) is 5.69 Å². The van der Waals surface area contributed by atoms with E-state index >= 15 is 0 Å². The normalized spacial score (nSPS) is 11.5. The maximum atomic E-state index is 6.37. The highest BCUT2D eigenvalue weighted by Crippen LogP contribution is 2.32. The summed E-state index contributed by atoms with van der Waals surface area (Å²) in [5.74, 6) is 0.325. The molecule has 0 saturated carbocycles. The molecule has 2 N–H and O–H groups in total. The van der Waals surface area contributed by atoms with E-state index in [9.17, 15) is 0 Å². The van der Waals surface area contributed by atoms with Crippen LogP contribution in [0, 0.1) is 6.92 Å². The van der Waals surface area contributed by atoms with Gasteiger partial charge in [-0.1, -0.05) is 11.6 Å². The number of aryl methyl sites for hydroxylation is 1. The quantitative estimate of drug-likeness (QED) is 0.583. The number of aromatic nitrogens is 5. The summed E-state index contributed by atoms with van der Waals surface area (Å²) in [6.45, 7) is 1.92. The van der Waals surface area contributed by atoms with E-state index in [1.807, 2.05) is 25.1 Å². The minimum absolute atomic E-state index is 0.325. The van der Waals surface area contributed by atoms with Gasteiger partial charge in [0.05, 0.1) is 22.4 Å². The minimum Gasteiger partial charge on any atom is -0.369 e. The summed E-state index contributed by atoms with van der Waals surface area (Å²) < 4.78 is 10.3. The summed E-state index contributed by atoms with van der Waals surface area (Å²) in [6.07, 6.45) is 0. The average molecular weight is 317 g/mol. The van der Waals surface area contributed by atoms with Crippen LogP contribution in [-0.4, -0.2) is 23.3 Å². The van der Waals surface area contributed by atoms with E-state index in [0.717, 1.165) is 22.9 Å². The molecule has 21 heavy (non-hydrogen) atoms. The summed E-state index contributed by atoms with van der Waals surface area (Å²) in [7, 11) is 0. The molecule has 1 aromatic carbocycles. The highest BCUT2D eigenvalue weighted by atomic mass is 35.5. The molecule has 0 atom stereocenters. The maximum Gasteiger partial charge on any atom is 0.207 e. The van der Waals surface area contributed by atoms with Crippen molar-refractivity contribution in [1.29, 1.82) is 0 Å². The van der Waals surface area contributed by atoms with Gasteiger partial charge in [-0.05, 0) is 31.2 Å². The summed E-state index contributed by atoms with van der Waals surface area (Å²) in [5, 5.41) is 0.532. The number of anilines is 1. The number of nitrogens with two attached hydrogens (primary N) is 1. The largest absolute Gasteiger partial charge is 0.369 e. The van der Waals surface area contributed by atoms with Gasteiger partial charge in [0.2, 0.25) is 5.95 Å². The lowest BCUT2D eigenvalue weighted by Crippen LogP contribution is -2.03.